The maximum absolute atomic E-state index is 11.1. The van der Waals surface area contributed by atoms with Crippen molar-refractivity contribution < 1.29 is 9.53 Å². The molecule has 2 rings (SSSR count). The van der Waals surface area contributed by atoms with E-state index in [0.29, 0.717) is 6.42 Å². The zero-order valence-corrected chi connectivity index (χ0v) is 9.53. The fourth-order valence-electron chi connectivity index (χ4n) is 1.81. The molecule has 0 heterocycles. The van der Waals surface area contributed by atoms with Crippen LogP contribution in [0.1, 0.15) is 31.7 Å². The number of ketones is 1. The predicted octanol–water partition coefficient (Wildman–Crippen LogP) is 3.22. The van der Waals surface area contributed by atoms with Gasteiger partial charge in [-0.3, -0.25) is 4.79 Å². The van der Waals surface area contributed by atoms with Crippen LogP contribution in [0.5, 0.6) is 5.75 Å². The number of carbonyl (C=O) groups excluding carboxylic acids is 1. The minimum absolute atomic E-state index is 0.237. The van der Waals surface area contributed by atoms with E-state index in [1.54, 1.807) is 6.08 Å². The summed E-state index contributed by atoms with van der Waals surface area (Å²) >= 11 is 0. The standard InChI is InChI=1S/C14H16O2/c1-2-9-16-14-7-4-11(5-8-14)12-3-6-13(15)10-12/h4-5,7-8,10H,2-3,6,9H2,1H3. The van der Waals surface area contributed by atoms with Gasteiger partial charge in [0.1, 0.15) is 5.75 Å². The highest BCUT2D eigenvalue weighted by atomic mass is 16.5. The van der Waals surface area contributed by atoms with E-state index in [4.69, 9.17) is 4.74 Å². The smallest absolute Gasteiger partial charge is 0.156 e. The van der Waals surface area contributed by atoms with Gasteiger partial charge in [0.05, 0.1) is 6.61 Å². The molecule has 16 heavy (non-hydrogen) atoms. The maximum atomic E-state index is 11.1. The van der Waals surface area contributed by atoms with Crippen LogP contribution in [-0.2, 0) is 4.79 Å². The van der Waals surface area contributed by atoms with Crippen molar-refractivity contribution in [3.8, 4) is 5.75 Å². The van der Waals surface area contributed by atoms with E-state index in [1.165, 1.54) is 0 Å². The molecule has 84 valence electrons. The summed E-state index contributed by atoms with van der Waals surface area (Å²) in [7, 11) is 0. The number of allylic oxidation sites excluding steroid dienone is 2. The van der Waals surface area contributed by atoms with Crippen molar-refractivity contribution in [3.05, 3.63) is 35.9 Å². The molecule has 0 bridgehead atoms. The fourth-order valence-corrected chi connectivity index (χ4v) is 1.81. The highest BCUT2D eigenvalue weighted by molar-refractivity contribution is 6.01. The van der Waals surface area contributed by atoms with E-state index in [2.05, 4.69) is 6.92 Å². The van der Waals surface area contributed by atoms with Gasteiger partial charge in [0.2, 0.25) is 0 Å². The number of carbonyl (C=O) groups is 1. The van der Waals surface area contributed by atoms with Crippen LogP contribution in [0.25, 0.3) is 5.57 Å². The van der Waals surface area contributed by atoms with Crippen molar-refractivity contribution in [3.63, 3.8) is 0 Å². The molecule has 1 aliphatic rings. The Labute approximate surface area is 95.9 Å². The van der Waals surface area contributed by atoms with Crippen LogP contribution in [-0.4, -0.2) is 12.4 Å². The zero-order valence-electron chi connectivity index (χ0n) is 9.53. The highest BCUT2D eigenvalue weighted by Crippen LogP contribution is 2.27. The van der Waals surface area contributed by atoms with E-state index in [-0.39, 0.29) is 5.78 Å². The lowest BCUT2D eigenvalue weighted by Crippen LogP contribution is -1.94. The molecule has 1 aliphatic carbocycles. The predicted molar refractivity (Wildman–Crippen MR) is 64.4 cm³/mol. The van der Waals surface area contributed by atoms with Crippen LogP contribution in [0, 0.1) is 0 Å². The Morgan fingerprint density at radius 3 is 2.50 bits per heavy atom. The Balaban J connectivity index is 2.07. The largest absolute Gasteiger partial charge is 0.494 e. The first-order chi connectivity index (χ1) is 7.79. The quantitative estimate of drug-likeness (QED) is 0.772. The van der Waals surface area contributed by atoms with Crippen LogP contribution in [0.15, 0.2) is 30.3 Å². The Morgan fingerprint density at radius 2 is 1.94 bits per heavy atom. The van der Waals surface area contributed by atoms with Gasteiger partial charge in [-0.2, -0.15) is 0 Å². The molecular formula is C14H16O2. The number of ether oxygens (including phenoxy) is 1. The summed E-state index contributed by atoms with van der Waals surface area (Å²) in [5.74, 6) is 1.14. The number of benzene rings is 1. The minimum atomic E-state index is 0.237. The average Bonchev–Trinajstić information content (AvgIpc) is 2.74. The Bertz CT molecular complexity index is 401. The maximum Gasteiger partial charge on any atom is 0.156 e. The first kappa shape index (κ1) is 10.9. The monoisotopic (exact) mass is 216 g/mol. The summed E-state index contributed by atoms with van der Waals surface area (Å²) in [6, 6.07) is 7.98. The third-order valence-electron chi connectivity index (χ3n) is 2.67. The van der Waals surface area contributed by atoms with Gasteiger partial charge < -0.3 is 4.74 Å². The third-order valence-corrected chi connectivity index (χ3v) is 2.67. The van der Waals surface area contributed by atoms with Gasteiger partial charge in [-0.05, 0) is 42.2 Å². The summed E-state index contributed by atoms with van der Waals surface area (Å²) in [5, 5.41) is 0. The fraction of sp³-hybridized carbons (Fsp3) is 0.357. The number of hydrogen-bond acceptors (Lipinski definition) is 2. The van der Waals surface area contributed by atoms with Crippen LogP contribution >= 0.6 is 0 Å². The molecule has 0 atom stereocenters. The second kappa shape index (κ2) is 4.97. The van der Waals surface area contributed by atoms with E-state index in [0.717, 1.165) is 36.3 Å². The summed E-state index contributed by atoms with van der Waals surface area (Å²) in [5.41, 5.74) is 2.28. The topological polar surface area (TPSA) is 26.3 Å². The summed E-state index contributed by atoms with van der Waals surface area (Å²) in [4.78, 5) is 11.1. The molecule has 0 spiro atoms. The molecule has 0 saturated heterocycles. The minimum Gasteiger partial charge on any atom is -0.494 e. The van der Waals surface area contributed by atoms with Crippen molar-refractivity contribution in [1.82, 2.24) is 0 Å². The second-order valence-corrected chi connectivity index (χ2v) is 4.01. The molecule has 0 fully saturated rings. The molecule has 0 amide bonds. The van der Waals surface area contributed by atoms with Crippen molar-refractivity contribution in [2.45, 2.75) is 26.2 Å². The molecule has 1 aromatic rings. The number of rotatable bonds is 4. The Morgan fingerprint density at radius 1 is 1.19 bits per heavy atom. The van der Waals surface area contributed by atoms with Crippen molar-refractivity contribution in [1.29, 1.82) is 0 Å². The van der Waals surface area contributed by atoms with E-state index < -0.39 is 0 Å². The van der Waals surface area contributed by atoms with Crippen molar-refractivity contribution >= 4 is 11.4 Å². The Kier molecular flexibility index (Phi) is 3.40. The lowest BCUT2D eigenvalue weighted by atomic mass is 10.1. The summed E-state index contributed by atoms with van der Waals surface area (Å²) < 4.78 is 5.51. The molecule has 1 aromatic carbocycles. The van der Waals surface area contributed by atoms with Crippen molar-refractivity contribution in [2.75, 3.05) is 6.61 Å². The molecular weight excluding hydrogens is 200 g/mol. The van der Waals surface area contributed by atoms with Gasteiger partial charge in [0.15, 0.2) is 5.78 Å². The molecule has 0 radical (unpaired) electrons. The van der Waals surface area contributed by atoms with Gasteiger partial charge in [0.25, 0.3) is 0 Å². The van der Waals surface area contributed by atoms with Crippen LogP contribution in [0.4, 0.5) is 0 Å². The molecule has 0 N–H and O–H groups in total. The van der Waals surface area contributed by atoms with Crippen LogP contribution in [0.3, 0.4) is 0 Å². The average molecular weight is 216 g/mol. The van der Waals surface area contributed by atoms with Crippen LogP contribution < -0.4 is 4.74 Å². The van der Waals surface area contributed by atoms with Gasteiger partial charge >= 0.3 is 0 Å². The second-order valence-electron chi connectivity index (χ2n) is 4.01. The van der Waals surface area contributed by atoms with Gasteiger partial charge in [-0.1, -0.05) is 19.1 Å². The molecule has 0 unspecified atom stereocenters. The Hall–Kier alpha value is -1.57. The molecule has 2 heteroatoms. The SMILES string of the molecule is CCCOc1ccc(C2=CC(=O)CC2)cc1. The van der Waals surface area contributed by atoms with E-state index in [9.17, 15) is 4.79 Å². The summed E-state index contributed by atoms with van der Waals surface area (Å²) in [6.45, 7) is 2.84. The van der Waals surface area contributed by atoms with Gasteiger partial charge in [-0.25, -0.2) is 0 Å². The first-order valence-corrected chi connectivity index (χ1v) is 5.76. The lowest BCUT2D eigenvalue weighted by molar-refractivity contribution is -0.114. The highest BCUT2D eigenvalue weighted by Gasteiger charge is 2.13. The van der Waals surface area contributed by atoms with E-state index >= 15 is 0 Å². The molecule has 0 aromatic heterocycles. The van der Waals surface area contributed by atoms with Gasteiger partial charge in [0, 0.05) is 6.42 Å². The zero-order chi connectivity index (χ0) is 11.4. The van der Waals surface area contributed by atoms with Crippen LogP contribution in [0.2, 0.25) is 0 Å². The first-order valence-electron chi connectivity index (χ1n) is 5.76. The number of hydrogen-bond donors (Lipinski definition) is 0. The molecule has 0 saturated carbocycles. The van der Waals surface area contributed by atoms with Gasteiger partial charge in [-0.15, -0.1) is 0 Å². The third kappa shape index (κ3) is 2.51. The summed E-state index contributed by atoms with van der Waals surface area (Å²) in [6.07, 6.45) is 4.29. The normalized spacial score (nSPS) is 15.1. The van der Waals surface area contributed by atoms with E-state index in [1.807, 2.05) is 24.3 Å². The molecule has 0 aliphatic heterocycles. The molecule has 2 nitrogen and oxygen atoms in total. The van der Waals surface area contributed by atoms with Crippen molar-refractivity contribution in [2.24, 2.45) is 0 Å². The lowest BCUT2D eigenvalue weighted by Gasteiger charge is -2.06.